The number of nitrogens with zero attached hydrogens (tertiary/aromatic N) is 3. The van der Waals surface area contributed by atoms with Crippen LogP contribution in [0, 0.1) is 11.3 Å². The molecule has 0 aliphatic carbocycles. The normalized spacial score (nSPS) is 11.7. The second-order valence-electron chi connectivity index (χ2n) is 4.00. The summed E-state index contributed by atoms with van der Waals surface area (Å²) >= 11 is 0. The monoisotopic (exact) mass is 284 g/mol. The first-order chi connectivity index (χ1) is 9.24. The van der Waals surface area contributed by atoms with Crippen molar-refractivity contribution in [3.63, 3.8) is 0 Å². The van der Waals surface area contributed by atoms with E-state index in [1.807, 2.05) is 0 Å². The quantitative estimate of drug-likeness (QED) is 0.681. The predicted octanol–water partition coefficient (Wildman–Crippen LogP) is 2.01. The van der Waals surface area contributed by atoms with Crippen LogP contribution >= 0.6 is 0 Å². The van der Waals surface area contributed by atoms with Crippen molar-refractivity contribution in [2.24, 2.45) is 0 Å². The van der Waals surface area contributed by atoms with Crippen molar-refractivity contribution in [2.75, 3.05) is 19.4 Å². The van der Waals surface area contributed by atoms with Crippen LogP contribution in [0.5, 0.6) is 0 Å². The zero-order chi connectivity index (χ0) is 15.3. The molecular weight excluding hydrogens is 273 g/mol. The molecule has 1 rings (SSSR count). The van der Waals surface area contributed by atoms with Crippen molar-refractivity contribution < 1.29 is 18.0 Å². The summed E-state index contributed by atoms with van der Waals surface area (Å²) < 4.78 is 37.0. The van der Waals surface area contributed by atoms with Gasteiger partial charge in [0, 0.05) is 26.5 Å². The van der Waals surface area contributed by atoms with E-state index in [1.165, 1.54) is 11.1 Å². The van der Waals surface area contributed by atoms with Crippen LogP contribution in [0.15, 0.2) is 30.1 Å². The first-order valence-electron chi connectivity index (χ1n) is 5.37. The van der Waals surface area contributed by atoms with Crippen LogP contribution in [0.3, 0.4) is 0 Å². The Morgan fingerprint density at radius 3 is 2.50 bits per heavy atom. The molecule has 8 heteroatoms. The highest BCUT2D eigenvalue weighted by Crippen LogP contribution is 2.28. The van der Waals surface area contributed by atoms with E-state index in [-0.39, 0.29) is 11.4 Å². The molecule has 0 atom stereocenters. The van der Waals surface area contributed by atoms with E-state index in [2.05, 4.69) is 10.3 Å². The van der Waals surface area contributed by atoms with Crippen molar-refractivity contribution in [3.8, 4) is 6.07 Å². The molecule has 0 spiro atoms. The van der Waals surface area contributed by atoms with Gasteiger partial charge in [0.2, 0.25) is 0 Å². The van der Waals surface area contributed by atoms with Gasteiger partial charge in [-0.15, -0.1) is 0 Å². The lowest BCUT2D eigenvalue weighted by Gasteiger charge is -2.09. The fourth-order valence-corrected chi connectivity index (χ4v) is 1.22. The van der Waals surface area contributed by atoms with Gasteiger partial charge in [-0.05, 0) is 12.1 Å². The van der Waals surface area contributed by atoms with Gasteiger partial charge in [0.05, 0.1) is 5.56 Å². The number of anilines is 1. The van der Waals surface area contributed by atoms with Crippen molar-refractivity contribution >= 4 is 11.7 Å². The molecule has 5 nitrogen and oxygen atoms in total. The minimum absolute atomic E-state index is 0.0668. The van der Waals surface area contributed by atoms with Gasteiger partial charge >= 0.3 is 6.18 Å². The van der Waals surface area contributed by atoms with E-state index in [1.54, 1.807) is 20.2 Å². The van der Waals surface area contributed by atoms with Crippen LogP contribution in [-0.2, 0) is 11.0 Å². The summed E-state index contributed by atoms with van der Waals surface area (Å²) in [6, 6.07) is 3.50. The fourth-order valence-electron chi connectivity index (χ4n) is 1.22. The summed E-state index contributed by atoms with van der Waals surface area (Å²) in [6.07, 6.45) is -2.59. The fraction of sp³-hybridized carbons (Fsp3) is 0.250. The Morgan fingerprint density at radius 1 is 1.45 bits per heavy atom. The standard InChI is InChI=1S/C12H11F3N4O/c1-19(2)7-8(5-16)11(20)18-10-4-3-9(6-17-10)12(13,14)15/h3-4,6-7H,1-2H3,(H,17,18,20)/b8-7-. The van der Waals surface area contributed by atoms with Crippen LogP contribution in [0.4, 0.5) is 19.0 Å². The first-order valence-corrected chi connectivity index (χ1v) is 5.37. The number of amides is 1. The van der Waals surface area contributed by atoms with Gasteiger partial charge < -0.3 is 10.2 Å². The average Bonchev–Trinajstić information content (AvgIpc) is 2.35. The molecule has 106 valence electrons. The topological polar surface area (TPSA) is 69.0 Å². The average molecular weight is 284 g/mol. The Labute approximate surface area is 113 Å². The Kier molecular flexibility index (Phi) is 4.69. The number of carbonyl (C=O) groups excluding carboxylic acids is 1. The Bertz CT molecular complexity index is 556. The largest absolute Gasteiger partial charge is 0.417 e. The highest BCUT2D eigenvalue weighted by Gasteiger charge is 2.30. The number of nitrogens with one attached hydrogen (secondary N) is 1. The van der Waals surface area contributed by atoms with E-state index < -0.39 is 17.6 Å². The van der Waals surface area contributed by atoms with E-state index >= 15 is 0 Å². The minimum atomic E-state index is -4.49. The number of halogens is 3. The molecule has 1 aromatic heterocycles. The summed E-state index contributed by atoms with van der Waals surface area (Å²) in [6.45, 7) is 0. The molecule has 1 amide bonds. The minimum Gasteiger partial charge on any atom is -0.382 e. The molecule has 0 aliphatic heterocycles. The van der Waals surface area contributed by atoms with Crippen LogP contribution in [0.1, 0.15) is 5.56 Å². The highest BCUT2D eigenvalue weighted by atomic mass is 19.4. The summed E-state index contributed by atoms with van der Waals surface area (Å²) in [4.78, 5) is 16.6. The summed E-state index contributed by atoms with van der Waals surface area (Å²) in [5.41, 5.74) is -1.10. The van der Waals surface area contributed by atoms with Crippen LogP contribution < -0.4 is 5.32 Å². The highest BCUT2D eigenvalue weighted by molar-refractivity contribution is 6.05. The number of pyridine rings is 1. The number of nitriles is 1. The number of carbonyl (C=O) groups is 1. The molecular formula is C12H11F3N4O. The smallest absolute Gasteiger partial charge is 0.382 e. The molecule has 0 radical (unpaired) electrons. The maximum atomic E-state index is 12.3. The number of alkyl halides is 3. The third-order valence-electron chi connectivity index (χ3n) is 2.08. The molecule has 0 aromatic carbocycles. The molecule has 1 N–H and O–H groups in total. The number of hydrogen-bond acceptors (Lipinski definition) is 4. The number of hydrogen-bond donors (Lipinski definition) is 1. The Hall–Kier alpha value is -2.56. The molecule has 0 fully saturated rings. The predicted molar refractivity (Wildman–Crippen MR) is 65.3 cm³/mol. The van der Waals surface area contributed by atoms with E-state index in [0.717, 1.165) is 12.1 Å². The summed E-state index contributed by atoms with van der Waals surface area (Å²) in [5, 5.41) is 11.0. The lowest BCUT2D eigenvalue weighted by Crippen LogP contribution is -2.17. The van der Waals surface area contributed by atoms with Crippen molar-refractivity contribution in [1.29, 1.82) is 5.26 Å². The van der Waals surface area contributed by atoms with Crippen LogP contribution in [0.25, 0.3) is 0 Å². The number of rotatable bonds is 3. The Balaban J connectivity index is 2.84. The second-order valence-corrected chi connectivity index (χ2v) is 4.00. The summed E-state index contributed by atoms with van der Waals surface area (Å²) in [7, 11) is 3.25. The van der Waals surface area contributed by atoms with Gasteiger partial charge in [-0.2, -0.15) is 18.4 Å². The van der Waals surface area contributed by atoms with E-state index in [9.17, 15) is 18.0 Å². The van der Waals surface area contributed by atoms with Crippen molar-refractivity contribution in [2.45, 2.75) is 6.18 Å². The van der Waals surface area contributed by atoms with E-state index in [4.69, 9.17) is 5.26 Å². The maximum Gasteiger partial charge on any atom is 0.417 e. The molecule has 0 aliphatic rings. The zero-order valence-electron chi connectivity index (χ0n) is 10.7. The van der Waals surface area contributed by atoms with Gasteiger partial charge in [-0.3, -0.25) is 4.79 Å². The van der Waals surface area contributed by atoms with Crippen LogP contribution in [0.2, 0.25) is 0 Å². The molecule has 1 heterocycles. The van der Waals surface area contributed by atoms with Crippen molar-refractivity contribution in [1.82, 2.24) is 9.88 Å². The molecule has 0 saturated heterocycles. The van der Waals surface area contributed by atoms with E-state index in [0.29, 0.717) is 6.20 Å². The molecule has 0 unspecified atom stereocenters. The SMILES string of the molecule is CN(C)/C=C(/C#N)C(=O)Nc1ccc(C(F)(F)F)cn1. The van der Waals surface area contributed by atoms with Crippen molar-refractivity contribution in [3.05, 3.63) is 35.7 Å². The van der Waals surface area contributed by atoms with Gasteiger partial charge in [-0.1, -0.05) is 0 Å². The zero-order valence-corrected chi connectivity index (χ0v) is 10.7. The Morgan fingerprint density at radius 2 is 2.10 bits per heavy atom. The lowest BCUT2D eigenvalue weighted by molar-refractivity contribution is -0.137. The van der Waals surface area contributed by atoms with Crippen LogP contribution in [-0.4, -0.2) is 29.9 Å². The van der Waals surface area contributed by atoms with Gasteiger partial charge in [0.1, 0.15) is 17.5 Å². The summed E-state index contributed by atoms with van der Waals surface area (Å²) in [5.74, 6) is -0.809. The maximum absolute atomic E-state index is 12.3. The van der Waals surface area contributed by atoms with Gasteiger partial charge in [-0.25, -0.2) is 4.98 Å². The van der Waals surface area contributed by atoms with Gasteiger partial charge in [0.15, 0.2) is 0 Å². The first kappa shape index (κ1) is 15.5. The third-order valence-corrected chi connectivity index (χ3v) is 2.08. The van der Waals surface area contributed by atoms with Gasteiger partial charge in [0.25, 0.3) is 5.91 Å². The lowest BCUT2D eigenvalue weighted by atomic mass is 10.2. The molecule has 0 bridgehead atoms. The second kappa shape index (κ2) is 6.06. The molecule has 1 aromatic rings. The molecule has 0 saturated carbocycles. The number of aromatic nitrogens is 1. The molecule has 20 heavy (non-hydrogen) atoms. The third kappa shape index (κ3) is 4.28.